The SMILES string of the molecule is C=CC(=O)N(C)[C@@H]1C[C@@](C)(Oc2nc(-c3cnn(C)c3)cn3nccc23)[C@H]1C. The smallest absolute Gasteiger partial charge is 0.245 e. The number of carbonyl (C=O) groups excluding carboxylic acids is 1. The third-order valence-corrected chi connectivity index (χ3v) is 5.86. The lowest BCUT2D eigenvalue weighted by atomic mass is 9.66. The molecule has 3 aromatic heterocycles. The van der Waals surface area contributed by atoms with Gasteiger partial charge in [-0.2, -0.15) is 10.2 Å². The first-order chi connectivity index (χ1) is 13.3. The van der Waals surface area contributed by atoms with Crippen LogP contribution in [0.5, 0.6) is 5.88 Å². The molecule has 1 aliphatic rings. The Morgan fingerprint density at radius 3 is 2.86 bits per heavy atom. The second-order valence-corrected chi connectivity index (χ2v) is 7.62. The van der Waals surface area contributed by atoms with E-state index in [1.165, 1.54) is 6.08 Å². The maximum atomic E-state index is 11.9. The summed E-state index contributed by atoms with van der Waals surface area (Å²) in [5, 5.41) is 8.57. The fraction of sp³-hybridized carbons (Fsp3) is 0.400. The molecule has 3 heterocycles. The van der Waals surface area contributed by atoms with Crippen LogP contribution in [0.15, 0.2) is 43.5 Å². The van der Waals surface area contributed by atoms with Crippen LogP contribution in [-0.4, -0.2) is 53.9 Å². The van der Waals surface area contributed by atoms with Crippen molar-refractivity contribution >= 4 is 11.4 Å². The van der Waals surface area contributed by atoms with Gasteiger partial charge in [-0.25, -0.2) is 9.50 Å². The lowest BCUT2D eigenvalue weighted by Gasteiger charge is -2.53. The largest absolute Gasteiger partial charge is 0.469 e. The van der Waals surface area contributed by atoms with Crippen LogP contribution in [0.25, 0.3) is 16.8 Å². The molecule has 0 saturated heterocycles. The van der Waals surface area contributed by atoms with Crippen LogP contribution in [0, 0.1) is 5.92 Å². The van der Waals surface area contributed by atoms with Crippen LogP contribution in [0.1, 0.15) is 20.3 Å². The Hall–Kier alpha value is -3.16. The first kappa shape index (κ1) is 18.2. The van der Waals surface area contributed by atoms with Crippen molar-refractivity contribution in [3.05, 3.63) is 43.5 Å². The Balaban J connectivity index is 1.64. The highest BCUT2D eigenvalue weighted by atomic mass is 16.5. The van der Waals surface area contributed by atoms with Crippen molar-refractivity contribution in [1.29, 1.82) is 0 Å². The van der Waals surface area contributed by atoms with Crippen molar-refractivity contribution < 1.29 is 9.53 Å². The van der Waals surface area contributed by atoms with Gasteiger partial charge in [-0.3, -0.25) is 9.48 Å². The molecule has 8 heteroatoms. The zero-order valence-corrected chi connectivity index (χ0v) is 16.5. The van der Waals surface area contributed by atoms with Gasteiger partial charge in [-0.1, -0.05) is 13.5 Å². The number of fused-ring (bicyclic) bond motifs is 1. The van der Waals surface area contributed by atoms with Gasteiger partial charge in [0.05, 0.1) is 24.3 Å². The Bertz CT molecular complexity index is 1050. The van der Waals surface area contributed by atoms with E-state index in [-0.39, 0.29) is 17.9 Å². The number of amides is 1. The standard InChI is InChI=1S/C20H24N6O2/c1-6-18(27)25(5)17-9-20(3,13(17)2)28-19-16-7-8-21-26(16)12-15(23-19)14-10-22-24(4)11-14/h6-8,10-13,17H,1,9H2,2-5H3/t13-,17+,20+/m0/s1. The minimum absolute atomic E-state index is 0.0752. The summed E-state index contributed by atoms with van der Waals surface area (Å²) in [6, 6.07) is 1.99. The Labute approximate surface area is 163 Å². The van der Waals surface area contributed by atoms with Crippen LogP contribution < -0.4 is 4.74 Å². The fourth-order valence-corrected chi connectivity index (χ4v) is 3.83. The molecule has 3 aromatic rings. The van der Waals surface area contributed by atoms with Gasteiger partial charge in [0.2, 0.25) is 11.8 Å². The topological polar surface area (TPSA) is 77.6 Å². The van der Waals surface area contributed by atoms with Gasteiger partial charge in [0.25, 0.3) is 0 Å². The molecule has 146 valence electrons. The van der Waals surface area contributed by atoms with Crippen LogP contribution in [0.3, 0.4) is 0 Å². The first-order valence-electron chi connectivity index (χ1n) is 9.24. The first-order valence-corrected chi connectivity index (χ1v) is 9.24. The quantitative estimate of drug-likeness (QED) is 0.635. The molecule has 1 saturated carbocycles. The molecule has 8 nitrogen and oxygen atoms in total. The minimum atomic E-state index is -0.425. The molecule has 1 fully saturated rings. The van der Waals surface area contributed by atoms with E-state index in [0.717, 1.165) is 23.2 Å². The Morgan fingerprint density at radius 1 is 1.43 bits per heavy atom. The van der Waals surface area contributed by atoms with Crippen molar-refractivity contribution in [1.82, 2.24) is 29.3 Å². The maximum Gasteiger partial charge on any atom is 0.245 e. The molecule has 3 atom stereocenters. The van der Waals surface area contributed by atoms with E-state index in [2.05, 4.69) is 30.6 Å². The number of nitrogens with zero attached hydrogens (tertiary/aromatic N) is 6. The van der Waals surface area contributed by atoms with Crippen molar-refractivity contribution in [3.63, 3.8) is 0 Å². The summed E-state index contributed by atoms with van der Waals surface area (Å²) >= 11 is 0. The average molecular weight is 380 g/mol. The van der Waals surface area contributed by atoms with Gasteiger partial charge in [0.15, 0.2) is 0 Å². The number of aryl methyl sites for hydroxylation is 1. The highest BCUT2D eigenvalue weighted by molar-refractivity contribution is 5.87. The number of carbonyl (C=O) groups is 1. The van der Waals surface area contributed by atoms with Crippen molar-refractivity contribution in [2.24, 2.45) is 13.0 Å². The van der Waals surface area contributed by atoms with E-state index in [0.29, 0.717) is 5.88 Å². The van der Waals surface area contributed by atoms with E-state index >= 15 is 0 Å². The van der Waals surface area contributed by atoms with Crippen molar-refractivity contribution in [2.75, 3.05) is 7.05 Å². The summed E-state index contributed by atoms with van der Waals surface area (Å²) in [5.41, 5.74) is 2.02. The monoisotopic (exact) mass is 380 g/mol. The van der Waals surface area contributed by atoms with Crippen molar-refractivity contribution in [3.8, 4) is 17.1 Å². The minimum Gasteiger partial charge on any atom is -0.469 e. The number of aromatic nitrogens is 5. The third-order valence-electron chi connectivity index (χ3n) is 5.86. The second-order valence-electron chi connectivity index (χ2n) is 7.62. The van der Waals surface area contributed by atoms with Crippen LogP contribution >= 0.6 is 0 Å². The summed E-state index contributed by atoms with van der Waals surface area (Å²) in [7, 11) is 3.67. The maximum absolute atomic E-state index is 11.9. The molecule has 0 N–H and O–H groups in total. The second kappa shape index (κ2) is 6.47. The molecule has 28 heavy (non-hydrogen) atoms. The summed E-state index contributed by atoms with van der Waals surface area (Å²) in [5.74, 6) is 0.603. The van der Waals surface area contributed by atoms with Crippen LogP contribution in [0.4, 0.5) is 0 Å². The van der Waals surface area contributed by atoms with E-state index in [4.69, 9.17) is 9.72 Å². The van der Waals surface area contributed by atoms with E-state index in [1.807, 2.05) is 25.5 Å². The zero-order chi connectivity index (χ0) is 20.1. The molecule has 1 amide bonds. The van der Waals surface area contributed by atoms with Gasteiger partial charge in [0, 0.05) is 44.2 Å². The number of likely N-dealkylation sites (N-methyl/N-ethyl adjacent to an activating group) is 1. The van der Waals surface area contributed by atoms with E-state index in [9.17, 15) is 4.79 Å². The highest BCUT2D eigenvalue weighted by Crippen LogP contribution is 2.44. The van der Waals surface area contributed by atoms with Crippen LogP contribution in [0.2, 0.25) is 0 Å². The molecule has 0 bridgehead atoms. The number of ether oxygens (including phenoxy) is 1. The molecule has 4 rings (SSSR count). The summed E-state index contributed by atoms with van der Waals surface area (Å²) in [6.45, 7) is 7.73. The van der Waals surface area contributed by atoms with Crippen LogP contribution in [-0.2, 0) is 11.8 Å². The third kappa shape index (κ3) is 2.85. The molecule has 0 aromatic carbocycles. The van der Waals surface area contributed by atoms with Gasteiger partial charge in [-0.05, 0) is 19.1 Å². The molecule has 0 aliphatic heterocycles. The number of hydrogen-bond donors (Lipinski definition) is 0. The van der Waals surface area contributed by atoms with Gasteiger partial charge in [0.1, 0.15) is 11.1 Å². The zero-order valence-electron chi connectivity index (χ0n) is 16.5. The summed E-state index contributed by atoms with van der Waals surface area (Å²) in [4.78, 5) is 18.4. The average Bonchev–Trinajstić information content (AvgIpc) is 3.33. The summed E-state index contributed by atoms with van der Waals surface area (Å²) < 4.78 is 9.92. The Kier molecular flexibility index (Phi) is 4.21. The van der Waals surface area contributed by atoms with E-state index < -0.39 is 5.60 Å². The fourth-order valence-electron chi connectivity index (χ4n) is 3.83. The normalized spacial score (nSPS) is 24.0. The van der Waals surface area contributed by atoms with Gasteiger partial charge in [-0.15, -0.1) is 0 Å². The molecule has 0 unspecified atom stereocenters. The molecule has 0 radical (unpaired) electrons. The molecule has 1 aliphatic carbocycles. The molecule has 0 spiro atoms. The predicted molar refractivity (Wildman–Crippen MR) is 105 cm³/mol. The number of hydrogen-bond acceptors (Lipinski definition) is 5. The predicted octanol–water partition coefficient (Wildman–Crippen LogP) is 2.32. The van der Waals surface area contributed by atoms with Gasteiger partial charge < -0.3 is 9.64 Å². The number of rotatable bonds is 5. The van der Waals surface area contributed by atoms with Gasteiger partial charge >= 0.3 is 0 Å². The van der Waals surface area contributed by atoms with E-state index in [1.54, 1.807) is 33.5 Å². The van der Waals surface area contributed by atoms with Crippen molar-refractivity contribution in [2.45, 2.75) is 31.9 Å². The highest BCUT2D eigenvalue weighted by Gasteiger charge is 2.53. The Morgan fingerprint density at radius 2 is 2.21 bits per heavy atom. The lowest BCUT2D eigenvalue weighted by molar-refractivity contribution is -0.144. The molecular weight excluding hydrogens is 356 g/mol. The molecular formula is C20H24N6O2. The lowest BCUT2D eigenvalue weighted by Crippen LogP contribution is -2.63. The summed E-state index contributed by atoms with van der Waals surface area (Å²) in [6.07, 6.45) is 9.33.